The second-order valence-electron chi connectivity index (χ2n) is 5.78. The predicted octanol–water partition coefficient (Wildman–Crippen LogP) is 1.53. The van der Waals surface area contributed by atoms with Crippen LogP contribution in [0.1, 0.15) is 25.3 Å². The van der Waals surface area contributed by atoms with Crippen molar-refractivity contribution in [1.29, 1.82) is 0 Å². The van der Waals surface area contributed by atoms with Gasteiger partial charge in [-0.3, -0.25) is 9.59 Å². The molecule has 0 spiro atoms. The number of fused-ring (bicyclic) bond motifs is 1. The smallest absolute Gasteiger partial charge is 0.227 e. The fourth-order valence-corrected chi connectivity index (χ4v) is 3.14. The van der Waals surface area contributed by atoms with Gasteiger partial charge < -0.3 is 15.5 Å². The minimum Gasteiger partial charge on any atom is -0.326 e. The number of amides is 2. The van der Waals surface area contributed by atoms with Gasteiger partial charge in [0.05, 0.1) is 0 Å². The second-order valence-corrected chi connectivity index (χ2v) is 5.78. The van der Waals surface area contributed by atoms with E-state index in [2.05, 4.69) is 10.6 Å². The summed E-state index contributed by atoms with van der Waals surface area (Å²) >= 11 is 0. The summed E-state index contributed by atoms with van der Waals surface area (Å²) in [6, 6.07) is 5.82. The largest absolute Gasteiger partial charge is 0.326 e. The summed E-state index contributed by atoms with van der Waals surface area (Å²) in [6.45, 7) is 4.14. The van der Waals surface area contributed by atoms with Crippen LogP contribution in [0.2, 0.25) is 0 Å². The highest BCUT2D eigenvalue weighted by Crippen LogP contribution is 2.30. The molecule has 0 aromatic heterocycles. The van der Waals surface area contributed by atoms with Crippen LogP contribution in [0, 0.1) is 5.92 Å². The summed E-state index contributed by atoms with van der Waals surface area (Å²) in [6.07, 6.45) is 2.65. The third kappa shape index (κ3) is 2.93. The lowest BCUT2D eigenvalue weighted by Crippen LogP contribution is -2.34. The molecule has 0 aliphatic carbocycles. The van der Waals surface area contributed by atoms with Gasteiger partial charge in [-0.05, 0) is 56.1 Å². The molecule has 112 valence electrons. The molecule has 0 radical (unpaired) electrons. The van der Waals surface area contributed by atoms with E-state index in [0.29, 0.717) is 0 Å². The van der Waals surface area contributed by atoms with Crippen LogP contribution >= 0.6 is 0 Å². The monoisotopic (exact) mass is 287 g/mol. The lowest BCUT2D eigenvalue weighted by Gasteiger charge is -2.22. The number of hydrogen-bond donors (Lipinski definition) is 2. The van der Waals surface area contributed by atoms with Crippen LogP contribution < -0.4 is 15.5 Å². The Labute approximate surface area is 124 Å². The molecule has 5 nitrogen and oxygen atoms in total. The molecule has 21 heavy (non-hydrogen) atoms. The third-order valence-corrected chi connectivity index (χ3v) is 4.33. The summed E-state index contributed by atoms with van der Waals surface area (Å²) < 4.78 is 0. The maximum atomic E-state index is 12.2. The van der Waals surface area contributed by atoms with Crippen molar-refractivity contribution in [2.45, 2.75) is 26.2 Å². The van der Waals surface area contributed by atoms with E-state index in [4.69, 9.17) is 0 Å². The average Bonchev–Trinajstić information content (AvgIpc) is 2.91. The zero-order valence-electron chi connectivity index (χ0n) is 12.3. The molecule has 0 saturated carbocycles. The number of benzene rings is 1. The van der Waals surface area contributed by atoms with Crippen LogP contribution in [0.4, 0.5) is 11.4 Å². The zero-order valence-corrected chi connectivity index (χ0v) is 12.3. The van der Waals surface area contributed by atoms with Crippen LogP contribution in [-0.4, -0.2) is 31.4 Å². The van der Waals surface area contributed by atoms with Gasteiger partial charge in [-0.1, -0.05) is 0 Å². The number of hydrogen-bond acceptors (Lipinski definition) is 3. The number of carbonyl (C=O) groups excluding carboxylic acids is 2. The quantitative estimate of drug-likeness (QED) is 0.867. The maximum Gasteiger partial charge on any atom is 0.227 e. The summed E-state index contributed by atoms with van der Waals surface area (Å²) in [5.74, 6) is 0.284. The number of nitrogens with zero attached hydrogens (tertiary/aromatic N) is 1. The maximum absolute atomic E-state index is 12.2. The lowest BCUT2D eigenvalue weighted by molar-refractivity contribution is -0.120. The molecular formula is C16H21N3O2. The van der Waals surface area contributed by atoms with Gasteiger partial charge in [-0.15, -0.1) is 0 Å². The van der Waals surface area contributed by atoms with Gasteiger partial charge in [0, 0.05) is 30.8 Å². The molecule has 3 rings (SSSR count). The second kappa shape index (κ2) is 5.85. The minimum absolute atomic E-state index is 0.0697. The first kappa shape index (κ1) is 14.1. The van der Waals surface area contributed by atoms with Crippen LogP contribution in [0.3, 0.4) is 0 Å². The fourth-order valence-electron chi connectivity index (χ4n) is 3.14. The summed E-state index contributed by atoms with van der Waals surface area (Å²) in [4.78, 5) is 25.6. The van der Waals surface area contributed by atoms with E-state index in [9.17, 15) is 9.59 Å². The van der Waals surface area contributed by atoms with Crippen LogP contribution in [0.5, 0.6) is 0 Å². The topological polar surface area (TPSA) is 61.4 Å². The third-order valence-electron chi connectivity index (χ3n) is 4.33. The van der Waals surface area contributed by atoms with Gasteiger partial charge in [-0.2, -0.15) is 0 Å². The first-order valence-corrected chi connectivity index (χ1v) is 7.58. The molecule has 1 aromatic rings. The standard InChI is InChI=1S/C16H21N3O2/c1-11(20)19-9-6-13-10-14(2-3-15(13)19)18-16(21)12-4-7-17-8-5-12/h2-3,10,12,17H,4-9H2,1H3,(H,18,21). The van der Waals surface area contributed by atoms with Gasteiger partial charge in [0.25, 0.3) is 0 Å². The van der Waals surface area contributed by atoms with Gasteiger partial charge in [-0.25, -0.2) is 0 Å². The molecule has 0 atom stereocenters. The van der Waals surface area contributed by atoms with Crippen molar-refractivity contribution >= 4 is 23.2 Å². The summed E-state index contributed by atoms with van der Waals surface area (Å²) in [5, 5.41) is 6.28. The number of anilines is 2. The first-order chi connectivity index (χ1) is 10.1. The number of piperidine rings is 1. The molecule has 2 aliphatic heterocycles. The fraction of sp³-hybridized carbons (Fsp3) is 0.500. The normalized spacial score (nSPS) is 18.4. The molecule has 0 bridgehead atoms. The molecule has 2 aliphatic rings. The van der Waals surface area contributed by atoms with Crippen molar-refractivity contribution in [3.63, 3.8) is 0 Å². The predicted molar refractivity (Wildman–Crippen MR) is 82.4 cm³/mol. The molecule has 5 heteroatoms. The van der Waals surface area contributed by atoms with Crippen LogP contribution in [0.15, 0.2) is 18.2 Å². The van der Waals surface area contributed by atoms with E-state index >= 15 is 0 Å². The SMILES string of the molecule is CC(=O)N1CCc2cc(NC(=O)C3CCNCC3)ccc21. The van der Waals surface area contributed by atoms with Crippen molar-refractivity contribution < 1.29 is 9.59 Å². The van der Waals surface area contributed by atoms with E-state index in [1.807, 2.05) is 18.2 Å². The van der Waals surface area contributed by atoms with Gasteiger partial charge in [0.15, 0.2) is 0 Å². The molecule has 0 unspecified atom stereocenters. The van der Waals surface area contributed by atoms with Gasteiger partial charge in [0.1, 0.15) is 0 Å². The molecule has 2 amide bonds. The zero-order chi connectivity index (χ0) is 14.8. The Hall–Kier alpha value is -1.88. The Kier molecular flexibility index (Phi) is 3.92. The van der Waals surface area contributed by atoms with Crippen LogP contribution in [-0.2, 0) is 16.0 Å². The Morgan fingerprint density at radius 2 is 2.05 bits per heavy atom. The summed E-state index contributed by atoms with van der Waals surface area (Å²) in [7, 11) is 0. The van der Waals surface area contributed by atoms with E-state index in [0.717, 1.165) is 55.8 Å². The van der Waals surface area contributed by atoms with Crippen molar-refractivity contribution in [1.82, 2.24) is 5.32 Å². The van der Waals surface area contributed by atoms with Crippen molar-refractivity contribution in [2.24, 2.45) is 5.92 Å². The molecule has 2 heterocycles. The first-order valence-electron chi connectivity index (χ1n) is 7.58. The van der Waals surface area contributed by atoms with Crippen molar-refractivity contribution in [3.05, 3.63) is 23.8 Å². The lowest BCUT2D eigenvalue weighted by atomic mass is 9.97. The molecular weight excluding hydrogens is 266 g/mol. The molecule has 1 fully saturated rings. The number of rotatable bonds is 2. The average molecular weight is 287 g/mol. The van der Waals surface area contributed by atoms with Crippen LogP contribution in [0.25, 0.3) is 0 Å². The van der Waals surface area contributed by atoms with Gasteiger partial charge in [0.2, 0.25) is 11.8 Å². The molecule has 1 saturated heterocycles. The van der Waals surface area contributed by atoms with Crippen molar-refractivity contribution in [2.75, 3.05) is 29.9 Å². The Morgan fingerprint density at radius 3 is 2.76 bits per heavy atom. The molecule has 2 N–H and O–H groups in total. The Balaban J connectivity index is 1.70. The summed E-state index contributed by atoms with van der Waals surface area (Å²) in [5.41, 5.74) is 2.94. The minimum atomic E-state index is 0.0697. The number of carbonyl (C=O) groups is 2. The Bertz CT molecular complexity index is 565. The highest BCUT2D eigenvalue weighted by Gasteiger charge is 2.24. The van der Waals surface area contributed by atoms with Gasteiger partial charge >= 0.3 is 0 Å². The van der Waals surface area contributed by atoms with E-state index in [1.54, 1.807) is 11.8 Å². The Morgan fingerprint density at radius 1 is 1.29 bits per heavy atom. The highest BCUT2D eigenvalue weighted by atomic mass is 16.2. The van der Waals surface area contributed by atoms with E-state index in [-0.39, 0.29) is 17.7 Å². The molecule has 1 aromatic carbocycles. The van der Waals surface area contributed by atoms with E-state index in [1.165, 1.54) is 0 Å². The number of nitrogens with one attached hydrogen (secondary N) is 2. The van der Waals surface area contributed by atoms with E-state index < -0.39 is 0 Å². The van der Waals surface area contributed by atoms with Crippen molar-refractivity contribution in [3.8, 4) is 0 Å². The highest BCUT2D eigenvalue weighted by molar-refractivity contribution is 5.96.